The summed E-state index contributed by atoms with van der Waals surface area (Å²) < 4.78 is 7.06. The summed E-state index contributed by atoms with van der Waals surface area (Å²) in [5, 5.41) is 7.99. The van der Waals surface area contributed by atoms with Crippen molar-refractivity contribution in [3.63, 3.8) is 0 Å². The molecule has 0 saturated carbocycles. The van der Waals surface area contributed by atoms with E-state index in [9.17, 15) is 4.79 Å². The molecule has 2 N–H and O–H groups in total. The van der Waals surface area contributed by atoms with Crippen LogP contribution in [0.15, 0.2) is 113 Å². The first-order valence-electron chi connectivity index (χ1n) is 13.4. The number of thioether (sulfide) groups is 1. The molecule has 41 heavy (non-hydrogen) atoms. The monoisotopic (exact) mass is 558 g/mol. The first kappa shape index (κ1) is 25.3. The normalized spacial score (nSPS) is 15.2. The van der Waals surface area contributed by atoms with Crippen LogP contribution >= 0.6 is 11.8 Å². The van der Waals surface area contributed by atoms with Gasteiger partial charge in [-0.15, -0.1) is 0 Å². The van der Waals surface area contributed by atoms with Crippen LogP contribution in [0, 0.1) is 0 Å². The minimum Gasteiger partial charge on any atom is -0.444 e. The lowest BCUT2D eigenvalue weighted by molar-refractivity contribution is 0.572. The van der Waals surface area contributed by atoms with Crippen molar-refractivity contribution in [3.8, 4) is 28.1 Å². The molecule has 0 radical (unpaired) electrons. The number of aromatic nitrogens is 4. The minimum absolute atomic E-state index is 0.163. The zero-order valence-corrected chi connectivity index (χ0v) is 22.8. The third-order valence-corrected chi connectivity index (χ3v) is 8.42. The summed E-state index contributed by atoms with van der Waals surface area (Å²) in [6.07, 6.45) is 4.82. The molecule has 0 bridgehead atoms. The fourth-order valence-corrected chi connectivity index (χ4v) is 6.17. The molecule has 3 aromatic carbocycles. The number of para-hydroxylation sites is 1. The van der Waals surface area contributed by atoms with Crippen LogP contribution in [-0.4, -0.2) is 38.4 Å². The summed E-state index contributed by atoms with van der Waals surface area (Å²) >= 11 is 1.98. The molecular formula is C32H26N6O2S. The summed E-state index contributed by atoms with van der Waals surface area (Å²) in [7, 11) is 0. The van der Waals surface area contributed by atoms with Crippen LogP contribution in [0.1, 0.15) is 10.8 Å². The van der Waals surface area contributed by atoms with Gasteiger partial charge in [-0.2, -0.15) is 16.7 Å². The molecule has 1 saturated heterocycles. The molecule has 1 fully saturated rings. The van der Waals surface area contributed by atoms with Crippen molar-refractivity contribution in [2.45, 2.75) is 5.25 Å². The molecule has 0 amide bonds. The number of pyridine rings is 1. The topological polar surface area (TPSA) is 97.9 Å². The number of benzene rings is 3. The third kappa shape index (κ3) is 5.13. The molecule has 6 aromatic rings. The Balaban J connectivity index is 1.26. The molecule has 1 atom stereocenters. The van der Waals surface area contributed by atoms with Gasteiger partial charge in [0, 0.05) is 52.5 Å². The predicted molar refractivity (Wildman–Crippen MR) is 164 cm³/mol. The maximum atomic E-state index is 14.0. The first-order valence-corrected chi connectivity index (χ1v) is 14.4. The summed E-state index contributed by atoms with van der Waals surface area (Å²) in [5.74, 6) is 2.21. The number of anilines is 2. The van der Waals surface area contributed by atoms with Crippen molar-refractivity contribution in [3.05, 3.63) is 120 Å². The summed E-state index contributed by atoms with van der Waals surface area (Å²) in [5.41, 5.74) is 5.52. The lowest BCUT2D eigenvalue weighted by Gasteiger charge is -2.22. The van der Waals surface area contributed by atoms with E-state index < -0.39 is 0 Å². The van der Waals surface area contributed by atoms with Crippen LogP contribution in [0.25, 0.3) is 39.2 Å². The Labute approximate surface area is 240 Å². The SMILES string of the molecule is O=c1c(-c2ccc(-c3cnco3)cc2)cc2cnc(Nc3ccc(C4CNCCS4)cc3)nc2n1-c1ccccc1. The van der Waals surface area contributed by atoms with Gasteiger partial charge < -0.3 is 15.1 Å². The van der Waals surface area contributed by atoms with E-state index in [2.05, 4.69) is 32.7 Å². The van der Waals surface area contributed by atoms with E-state index in [0.29, 0.717) is 28.2 Å². The molecule has 4 heterocycles. The van der Waals surface area contributed by atoms with E-state index in [1.165, 1.54) is 12.0 Å². The zero-order chi connectivity index (χ0) is 27.6. The standard InChI is InChI=1S/C32H26N6O2S/c39-31-27(21-6-8-22(9-7-21)28-18-34-20-40-28)16-24-17-35-32(37-30(24)38(31)26-4-2-1-3-5-26)36-25-12-10-23(11-13-25)29-19-33-14-15-41-29/h1-13,16-18,20,29,33H,14-15,19H2,(H,35,36,37). The Kier molecular flexibility index (Phi) is 6.80. The first-order chi connectivity index (χ1) is 20.2. The van der Waals surface area contributed by atoms with Gasteiger partial charge in [0.25, 0.3) is 5.56 Å². The highest BCUT2D eigenvalue weighted by Gasteiger charge is 2.17. The number of oxazole rings is 1. The Morgan fingerprint density at radius 3 is 2.49 bits per heavy atom. The van der Waals surface area contributed by atoms with E-state index >= 15 is 0 Å². The van der Waals surface area contributed by atoms with Crippen molar-refractivity contribution in [1.29, 1.82) is 0 Å². The van der Waals surface area contributed by atoms with Gasteiger partial charge in [-0.25, -0.2) is 9.97 Å². The zero-order valence-electron chi connectivity index (χ0n) is 22.0. The van der Waals surface area contributed by atoms with E-state index in [1.54, 1.807) is 17.0 Å². The molecule has 8 nitrogen and oxygen atoms in total. The third-order valence-electron chi connectivity index (χ3n) is 7.13. The number of nitrogens with zero attached hydrogens (tertiary/aromatic N) is 4. The molecule has 9 heteroatoms. The summed E-state index contributed by atoms with van der Waals surface area (Å²) in [6.45, 7) is 2.04. The van der Waals surface area contributed by atoms with Crippen LogP contribution in [0.5, 0.6) is 0 Å². The summed E-state index contributed by atoms with van der Waals surface area (Å²) in [6, 6.07) is 27.5. The van der Waals surface area contributed by atoms with Crippen molar-refractivity contribution in [1.82, 2.24) is 24.8 Å². The highest BCUT2D eigenvalue weighted by atomic mass is 32.2. The van der Waals surface area contributed by atoms with Crippen LogP contribution in [0.2, 0.25) is 0 Å². The maximum Gasteiger partial charge on any atom is 0.264 e. The molecule has 0 aliphatic carbocycles. The van der Waals surface area contributed by atoms with E-state index in [-0.39, 0.29) is 5.56 Å². The van der Waals surface area contributed by atoms with Gasteiger partial charge in [0.15, 0.2) is 17.8 Å². The number of hydrogen-bond acceptors (Lipinski definition) is 8. The quantitative estimate of drug-likeness (QED) is 0.249. The van der Waals surface area contributed by atoms with Crippen LogP contribution in [0.3, 0.4) is 0 Å². The maximum absolute atomic E-state index is 14.0. The second kappa shape index (κ2) is 11.0. The molecule has 3 aromatic heterocycles. The van der Waals surface area contributed by atoms with Crippen LogP contribution in [-0.2, 0) is 0 Å². The molecular weight excluding hydrogens is 532 g/mol. The van der Waals surface area contributed by atoms with E-state index in [4.69, 9.17) is 9.40 Å². The Hall–Kier alpha value is -4.73. The summed E-state index contributed by atoms with van der Waals surface area (Å²) in [4.78, 5) is 27.4. The van der Waals surface area contributed by atoms with Gasteiger partial charge in [-0.05, 0) is 41.5 Å². The highest BCUT2D eigenvalue weighted by molar-refractivity contribution is 7.99. The number of nitrogens with one attached hydrogen (secondary N) is 2. The molecule has 1 unspecified atom stereocenters. The number of fused-ring (bicyclic) bond motifs is 1. The highest BCUT2D eigenvalue weighted by Crippen LogP contribution is 2.31. The van der Waals surface area contributed by atoms with Crippen molar-refractivity contribution >= 4 is 34.4 Å². The van der Waals surface area contributed by atoms with Gasteiger partial charge >= 0.3 is 0 Å². The van der Waals surface area contributed by atoms with Crippen LogP contribution in [0.4, 0.5) is 11.6 Å². The van der Waals surface area contributed by atoms with Gasteiger partial charge in [-0.3, -0.25) is 9.36 Å². The van der Waals surface area contributed by atoms with Crippen molar-refractivity contribution in [2.75, 3.05) is 24.2 Å². The van der Waals surface area contributed by atoms with Gasteiger partial charge in [-0.1, -0.05) is 54.6 Å². The predicted octanol–water partition coefficient (Wildman–Crippen LogP) is 6.22. The largest absolute Gasteiger partial charge is 0.444 e. The van der Waals surface area contributed by atoms with Crippen LogP contribution < -0.4 is 16.2 Å². The lowest BCUT2D eigenvalue weighted by Crippen LogP contribution is -2.28. The van der Waals surface area contributed by atoms with Gasteiger partial charge in [0.2, 0.25) is 5.95 Å². The number of rotatable bonds is 6. The smallest absolute Gasteiger partial charge is 0.264 e. The Morgan fingerprint density at radius 1 is 0.951 bits per heavy atom. The van der Waals surface area contributed by atoms with Gasteiger partial charge in [0.05, 0.1) is 11.9 Å². The Morgan fingerprint density at radius 2 is 1.76 bits per heavy atom. The fourth-order valence-electron chi connectivity index (χ4n) is 5.04. The lowest BCUT2D eigenvalue weighted by atomic mass is 10.0. The molecule has 1 aliphatic rings. The fraction of sp³-hybridized carbons (Fsp3) is 0.125. The second-order valence-corrected chi connectivity index (χ2v) is 11.1. The van der Waals surface area contributed by atoms with Crippen molar-refractivity contribution < 1.29 is 4.42 Å². The molecule has 7 rings (SSSR count). The average Bonchev–Trinajstić information content (AvgIpc) is 3.58. The molecule has 1 aliphatic heterocycles. The second-order valence-electron chi connectivity index (χ2n) is 9.76. The number of hydrogen-bond donors (Lipinski definition) is 2. The van der Waals surface area contributed by atoms with E-state index in [1.807, 2.05) is 84.6 Å². The van der Waals surface area contributed by atoms with Crippen molar-refractivity contribution in [2.24, 2.45) is 0 Å². The minimum atomic E-state index is -0.163. The van der Waals surface area contributed by atoms with E-state index in [0.717, 1.165) is 46.7 Å². The molecule has 202 valence electrons. The molecule has 0 spiro atoms. The average molecular weight is 559 g/mol. The van der Waals surface area contributed by atoms with Gasteiger partial charge in [0.1, 0.15) is 0 Å². The Bertz CT molecular complexity index is 1850.